The molecule has 2 aromatic rings. The first-order valence-corrected chi connectivity index (χ1v) is 9.56. The summed E-state index contributed by atoms with van der Waals surface area (Å²) < 4.78 is 0. The van der Waals surface area contributed by atoms with Gasteiger partial charge < -0.3 is 5.32 Å². The van der Waals surface area contributed by atoms with Crippen molar-refractivity contribution in [3.63, 3.8) is 0 Å². The van der Waals surface area contributed by atoms with Gasteiger partial charge in [-0.1, -0.05) is 48.0 Å². The minimum atomic E-state index is -0.943. The number of halogens is 1. The highest BCUT2D eigenvalue weighted by Crippen LogP contribution is 2.32. The van der Waals surface area contributed by atoms with Gasteiger partial charge in [-0.15, -0.1) is 0 Å². The Morgan fingerprint density at radius 3 is 2.52 bits per heavy atom. The number of benzene rings is 2. The fourth-order valence-corrected chi connectivity index (χ4v) is 3.57. The number of carbonyl (C=O) groups excluding carboxylic acids is 3. The molecule has 29 heavy (non-hydrogen) atoms. The molecule has 0 aliphatic carbocycles. The zero-order valence-corrected chi connectivity index (χ0v) is 16.3. The van der Waals surface area contributed by atoms with E-state index < -0.39 is 29.8 Å². The summed E-state index contributed by atoms with van der Waals surface area (Å²) in [4.78, 5) is 39.2. The predicted molar refractivity (Wildman–Crippen MR) is 108 cm³/mol. The van der Waals surface area contributed by atoms with E-state index in [-0.39, 0.29) is 6.54 Å². The van der Waals surface area contributed by atoms with Gasteiger partial charge in [0, 0.05) is 0 Å². The molecule has 1 fully saturated rings. The molecule has 2 aromatic carbocycles. The SMILES string of the molecule is CCc1ccc(N2C(=O)[C@@H]3N=NN(CC(=O)Nc4ccccc4Cl)[C@H]3C2=O)cc1. The first-order chi connectivity index (χ1) is 14.0. The van der Waals surface area contributed by atoms with Crippen LogP contribution in [0.15, 0.2) is 58.9 Å². The second kappa shape index (κ2) is 7.63. The van der Waals surface area contributed by atoms with E-state index in [1.165, 1.54) is 5.01 Å². The normalized spacial score (nSPS) is 20.3. The third-order valence-electron chi connectivity index (χ3n) is 4.91. The fraction of sp³-hybridized carbons (Fsp3) is 0.250. The van der Waals surface area contributed by atoms with Crippen LogP contribution in [0.5, 0.6) is 0 Å². The third-order valence-corrected chi connectivity index (χ3v) is 5.24. The lowest BCUT2D eigenvalue weighted by atomic mass is 10.1. The van der Waals surface area contributed by atoms with Crippen LogP contribution in [-0.4, -0.2) is 41.4 Å². The molecule has 0 unspecified atom stereocenters. The number of fused-ring (bicyclic) bond motifs is 1. The van der Waals surface area contributed by atoms with E-state index in [0.29, 0.717) is 16.4 Å². The highest BCUT2D eigenvalue weighted by Gasteiger charge is 2.55. The zero-order chi connectivity index (χ0) is 20.5. The summed E-state index contributed by atoms with van der Waals surface area (Å²) in [6.45, 7) is 1.80. The molecule has 9 heteroatoms. The average Bonchev–Trinajstić information content (AvgIpc) is 3.23. The van der Waals surface area contributed by atoms with Crippen molar-refractivity contribution in [1.29, 1.82) is 0 Å². The number of carbonyl (C=O) groups is 3. The van der Waals surface area contributed by atoms with Gasteiger partial charge in [0.25, 0.3) is 11.8 Å². The number of rotatable bonds is 5. The van der Waals surface area contributed by atoms with E-state index in [1.807, 2.05) is 19.1 Å². The predicted octanol–water partition coefficient (Wildman–Crippen LogP) is 2.83. The van der Waals surface area contributed by atoms with Crippen molar-refractivity contribution in [2.75, 3.05) is 16.8 Å². The molecule has 4 rings (SSSR count). The summed E-state index contributed by atoms with van der Waals surface area (Å²) in [5.74, 6) is -1.30. The van der Waals surface area contributed by atoms with Crippen LogP contribution in [0.4, 0.5) is 11.4 Å². The fourth-order valence-electron chi connectivity index (χ4n) is 3.39. The van der Waals surface area contributed by atoms with Gasteiger partial charge in [0.2, 0.25) is 5.91 Å². The number of amides is 3. The monoisotopic (exact) mass is 411 g/mol. The molecule has 0 radical (unpaired) electrons. The standard InChI is InChI=1S/C20H18ClN5O3/c1-2-12-7-9-13(10-8-12)26-19(28)17-18(20(26)29)25(24-23-17)11-16(27)22-15-6-4-3-5-14(15)21/h3-10,17-18H,2,11H2,1H3,(H,22,27)/t17-,18-/m1/s1. The van der Waals surface area contributed by atoms with E-state index >= 15 is 0 Å². The Kier molecular flexibility index (Phi) is 5.02. The van der Waals surface area contributed by atoms with E-state index in [4.69, 9.17) is 11.6 Å². The Morgan fingerprint density at radius 2 is 1.83 bits per heavy atom. The maximum atomic E-state index is 12.9. The number of anilines is 2. The average molecular weight is 412 g/mol. The number of aryl methyl sites for hydroxylation is 1. The summed E-state index contributed by atoms with van der Waals surface area (Å²) in [5, 5.41) is 12.1. The first kappa shape index (κ1) is 19.1. The van der Waals surface area contributed by atoms with Crippen molar-refractivity contribution < 1.29 is 14.4 Å². The van der Waals surface area contributed by atoms with Crippen molar-refractivity contribution in [3.8, 4) is 0 Å². The molecule has 2 aliphatic rings. The molecule has 0 aromatic heterocycles. The van der Waals surface area contributed by atoms with Crippen LogP contribution in [0.2, 0.25) is 5.02 Å². The molecule has 0 spiro atoms. The highest BCUT2D eigenvalue weighted by molar-refractivity contribution is 6.33. The Bertz CT molecular complexity index is 1010. The zero-order valence-electron chi connectivity index (χ0n) is 15.6. The lowest BCUT2D eigenvalue weighted by Crippen LogP contribution is -2.43. The molecule has 2 atom stereocenters. The van der Waals surface area contributed by atoms with Crippen LogP contribution in [-0.2, 0) is 20.8 Å². The van der Waals surface area contributed by atoms with Crippen LogP contribution in [0.1, 0.15) is 12.5 Å². The molecule has 3 amide bonds. The summed E-state index contributed by atoms with van der Waals surface area (Å²) in [6.07, 6.45) is 0.857. The van der Waals surface area contributed by atoms with Gasteiger partial charge in [0.15, 0.2) is 12.1 Å². The number of imide groups is 1. The van der Waals surface area contributed by atoms with Gasteiger partial charge in [-0.05, 0) is 36.2 Å². The molecule has 148 valence electrons. The van der Waals surface area contributed by atoms with Crippen molar-refractivity contribution in [2.45, 2.75) is 25.4 Å². The lowest BCUT2D eigenvalue weighted by molar-refractivity contribution is -0.123. The summed E-state index contributed by atoms with van der Waals surface area (Å²) in [5.41, 5.74) is 2.05. The minimum Gasteiger partial charge on any atom is -0.323 e. The second-order valence-electron chi connectivity index (χ2n) is 6.75. The van der Waals surface area contributed by atoms with Crippen LogP contribution >= 0.6 is 11.6 Å². The third kappa shape index (κ3) is 3.47. The molecule has 2 aliphatic heterocycles. The van der Waals surface area contributed by atoms with Crippen molar-refractivity contribution in [1.82, 2.24) is 5.01 Å². The van der Waals surface area contributed by atoms with Crippen molar-refractivity contribution in [3.05, 3.63) is 59.1 Å². The molecule has 1 N–H and O–H groups in total. The van der Waals surface area contributed by atoms with E-state index in [9.17, 15) is 14.4 Å². The molecule has 2 heterocycles. The Hall–Kier alpha value is -3.26. The topological polar surface area (TPSA) is 94.4 Å². The van der Waals surface area contributed by atoms with Crippen molar-refractivity contribution >= 4 is 40.7 Å². The summed E-state index contributed by atoms with van der Waals surface area (Å²) in [6, 6.07) is 12.2. The quantitative estimate of drug-likeness (QED) is 0.765. The molecule has 1 saturated heterocycles. The number of hydrogen-bond donors (Lipinski definition) is 1. The molecule has 0 bridgehead atoms. The number of nitrogens with one attached hydrogen (secondary N) is 1. The molecule has 8 nitrogen and oxygen atoms in total. The van der Waals surface area contributed by atoms with Crippen LogP contribution in [0.3, 0.4) is 0 Å². The van der Waals surface area contributed by atoms with Gasteiger partial charge >= 0.3 is 0 Å². The highest BCUT2D eigenvalue weighted by atomic mass is 35.5. The molecular formula is C20H18ClN5O3. The van der Waals surface area contributed by atoms with Crippen LogP contribution in [0, 0.1) is 0 Å². The van der Waals surface area contributed by atoms with E-state index in [0.717, 1.165) is 16.9 Å². The van der Waals surface area contributed by atoms with Crippen LogP contribution < -0.4 is 10.2 Å². The van der Waals surface area contributed by atoms with Crippen LogP contribution in [0.25, 0.3) is 0 Å². The first-order valence-electron chi connectivity index (χ1n) is 9.18. The van der Waals surface area contributed by atoms with E-state index in [1.54, 1.807) is 36.4 Å². The van der Waals surface area contributed by atoms with Gasteiger partial charge in [-0.3, -0.25) is 19.4 Å². The molecule has 0 saturated carbocycles. The Morgan fingerprint density at radius 1 is 1.10 bits per heavy atom. The summed E-state index contributed by atoms with van der Waals surface area (Å²) >= 11 is 6.05. The number of nitrogens with zero attached hydrogens (tertiary/aromatic N) is 4. The number of para-hydroxylation sites is 1. The lowest BCUT2D eigenvalue weighted by Gasteiger charge is -2.20. The smallest absolute Gasteiger partial charge is 0.263 e. The number of hydrogen-bond acceptors (Lipinski definition) is 6. The van der Waals surface area contributed by atoms with Crippen molar-refractivity contribution in [2.24, 2.45) is 10.3 Å². The maximum Gasteiger partial charge on any atom is 0.263 e. The largest absolute Gasteiger partial charge is 0.323 e. The molecular weight excluding hydrogens is 394 g/mol. The maximum absolute atomic E-state index is 12.9. The minimum absolute atomic E-state index is 0.225. The van der Waals surface area contributed by atoms with Gasteiger partial charge in [0.1, 0.15) is 6.54 Å². The summed E-state index contributed by atoms with van der Waals surface area (Å²) in [7, 11) is 0. The Labute approximate surface area is 172 Å². The van der Waals surface area contributed by atoms with Gasteiger partial charge in [-0.25, -0.2) is 4.90 Å². The van der Waals surface area contributed by atoms with Gasteiger partial charge in [-0.2, -0.15) is 5.11 Å². The van der Waals surface area contributed by atoms with Gasteiger partial charge in [0.05, 0.1) is 16.4 Å². The second-order valence-corrected chi connectivity index (χ2v) is 7.16. The van der Waals surface area contributed by atoms with E-state index in [2.05, 4.69) is 15.7 Å². The Balaban J connectivity index is 1.49.